The normalized spacial score (nSPS) is 13.0. The van der Waals surface area contributed by atoms with Crippen molar-refractivity contribution in [3.8, 4) is 11.5 Å². The number of nitrogens with zero attached hydrogens (tertiary/aromatic N) is 2. The van der Waals surface area contributed by atoms with Gasteiger partial charge in [-0.2, -0.15) is 0 Å². The van der Waals surface area contributed by atoms with Gasteiger partial charge in [0.1, 0.15) is 8.07 Å². The quantitative estimate of drug-likeness (QED) is 0.123. The summed E-state index contributed by atoms with van der Waals surface area (Å²) < 4.78 is 11.9. The molecule has 0 aromatic carbocycles. The molecule has 0 saturated carbocycles. The molecule has 0 spiro atoms. The topological polar surface area (TPSA) is 134 Å². The van der Waals surface area contributed by atoms with Crippen molar-refractivity contribution in [1.82, 2.24) is 29.5 Å². The van der Waals surface area contributed by atoms with Crippen molar-refractivity contribution in [3.05, 3.63) is 111 Å². The minimum absolute atomic E-state index is 0.225. The highest BCUT2D eigenvalue weighted by atomic mass is 28.3. The van der Waals surface area contributed by atoms with Gasteiger partial charge in [0.25, 0.3) is 0 Å². The van der Waals surface area contributed by atoms with Gasteiger partial charge in [-0.05, 0) is 72.5 Å². The number of fused-ring (bicyclic) bond motifs is 8. The molecule has 240 valence electrons. The first-order valence-electron chi connectivity index (χ1n) is 15.5. The number of imidazole rings is 1. The second-order valence-electron chi connectivity index (χ2n) is 12.4. The van der Waals surface area contributed by atoms with E-state index in [9.17, 15) is 9.59 Å². The molecule has 0 aliphatic carbocycles. The molecule has 0 atom stereocenters. The lowest BCUT2D eigenvalue weighted by Crippen LogP contribution is -2.20. The number of aromatic nitrogens is 6. The van der Waals surface area contributed by atoms with Gasteiger partial charge in [0.15, 0.2) is 0 Å². The van der Waals surface area contributed by atoms with Gasteiger partial charge in [0.2, 0.25) is 0 Å². The van der Waals surface area contributed by atoms with Crippen LogP contribution < -0.4 is 21.4 Å². The standard InChI is InChI=1S/C36H38N6O4Si/c1-45-34(43)16-6-23-26-8-10-30(38-26)25(18-21-47(3,4)5)31-11-9-27(39-31)24(7-17-35(44)46-2)29-13-15-33(41-29)36(42-20-19-37-22-42)32-14-12-28(23)40-32/h8-15,19-20,22,38-41H,6-7,16-17H2,1-5H3. The summed E-state index contributed by atoms with van der Waals surface area (Å²) in [5, 5.41) is 3.46. The Hall–Kier alpha value is -5.47. The number of methoxy groups -OCH3 is 2. The van der Waals surface area contributed by atoms with Gasteiger partial charge in [0.05, 0.1) is 53.9 Å². The number of rotatable bonds is 7. The summed E-state index contributed by atoms with van der Waals surface area (Å²) in [6.07, 6.45) is 6.76. The Morgan fingerprint density at radius 1 is 0.723 bits per heavy atom. The van der Waals surface area contributed by atoms with Crippen LogP contribution in [-0.4, -0.2) is 63.7 Å². The molecule has 47 heavy (non-hydrogen) atoms. The van der Waals surface area contributed by atoms with Gasteiger partial charge in [-0.1, -0.05) is 25.6 Å². The largest absolute Gasteiger partial charge is 0.469 e. The predicted octanol–water partition coefficient (Wildman–Crippen LogP) is 2.60. The monoisotopic (exact) mass is 646 g/mol. The molecule has 0 amide bonds. The summed E-state index contributed by atoms with van der Waals surface area (Å²) in [6, 6.07) is 16.3. The number of esters is 2. The first-order valence-corrected chi connectivity index (χ1v) is 19.0. The van der Waals surface area contributed by atoms with Crippen LogP contribution in [0, 0.1) is 11.5 Å². The van der Waals surface area contributed by atoms with E-state index in [1.807, 2.05) is 59.3 Å². The molecule has 0 fully saturated rings. The molecule has 10 nitrogen and oxygen atoms in total. The van der Waals surface area contributed by atoms with E-state index in [0.717, 1.165) is 66.6 Å². The predicted molar refractivity (Wildman–Crippen MR) is 183 cm³/mol. The summed E-state index contributed by atoms with van der Waals surface area (Å²) in [7, 11) is 1.08. The zero-order valence-electron chi connectivity index (χ0n) is 27.2. The number of hydrogen-bond acceptors (Lipinski definition) is 5. The maximum atomic E-state index is 12.3. The first-order chi connectivity index (χ1) is 22.6. The van der Waals surface area contributed by atoms with Gasteiger partial charge < -0.3 is 34.0 Å². The number of ether oxygens (including phenoxy) is 2. The second-order valence-corrected chi connectivity index (χ2v) is 17.2. The molecular formula is C36H38N6O4Si. The smallest absolute Gasteiger partial charge is 0.305 e. The zero-order valence-corrected chi connectivity index (χ0v) is 28.2. The van der Waals surface area contributed by atoms with Crippen LogP contribution in [0.3, 0.4) is 0 Å². The Morgan fingerprint density at radius 3 is 1.83 bits per heavy atom. The van der Waals surface area contributed by atoms with Gasteiger partial charge in [-0.25, -0.2) is 4.98 Å². The van der Waals surface area contributed by atoms with Crippen molar-refractivity contribution in [2.75, 3.05) is 14.2 Å². The van der Waals surface area contributed by atoms with E-state index >= 15 is 0 Å². The van der Waals surface area contributed by atoms with Crippen LogP contribution in [0.1, 0.15) is 48.5 Å². The molecule has 6 heterocycles. The molecule has 0 unspecified atom stereocenters. The van der Waals surface area contributed by atoms with Crippen molar-refractivity contribution in [1.29, 1.82) is 0 Å². The Bertz CT molecular complexity index is 2260. The number of H-pyrrole nitrogens is 4. The number of aromatic amines is 4. The highest BCUT2D eigenvalue weighted by Gasteiger charge is 2.17. The minimum Gasteiger partial charge on any atom is -0.469 e. The van der Waals surface area contributed by atoms with Gasteiger partial charge in [-0.15, -0.1) is 5.54 Å². The lowest BCUT2D eigenvalue weighted by atomic mass is 10.1. The summed E-state index contributed by atoms with van der Waals surface area (Å²) >= 11 is 0. The Balaban J connectivity index is 1.69. The van der Waals surface area contributed by atoms with Crippen molar-refractivity contribution < 1.29 is 19.1 Å². The van der Waals surface area contributed by atoms with E-state index in [2.05, 4.69) is 56.0 Å². The third kappa shape index (κ3) is 6.88. The highest BCUT2D eigenvalue weighted by Crippen LogP contribution is 2.22. The molecule has 5 aromatic rings. The van der Waals surface area contributed by atoms with Crippen molar-refractivity contribution in [3.63, 3.8) is 0 Å². The maximum Gasteiger partial charge on any atom is 0.305 e. The summed E-state index contributed by atoms with van der Waals surface area (Å²) in [5.74, 6) is 2.94. The molecule has 1 aliphatic rings. The van der Waals surface area contributed by atoms with Gasteiger partial charge >= 0.3 is 11.9 Å². The lowest BCUT2D eigenvalue weighted by Gasteiger charge is -2.08. The zero-order chi connectivity index (χ0) is 33.1. The molecule has 8 bridgehead atoms. The fourth-order valence-corrected chi connectivity index (χ4v) is 6.18. The fourth-order valence-electron chi connectivity index (χ4n) is 5.68. The van der Waals surface area contributed by atoms with E-state index in [-0.39, 0.29) is 24.8 Å². The van der Waals surface area contributed by atoms with Crippen LogP contribution in [0.4, 0.5) is 0 Å². The molecule has 5 aromatic heterocycles. The molecule has 0 radical (unpaired) electrons. The van der Waals surface area contributed by atoms with E-state index in [4.69, 9.17) is 9.47 Å². The molecule has 0 saturated heterocycles. The fraction of sp³-hybridized carbons (Fsp3) is 0.250. The van der Waals surface area contributed by atoms with Crippen molar-refractivity contribution >= 4 is 42.4 Å². The van der Waals surface area contributed by atoms with Crippen LogP contribution in [-0.2, 0) is 19.1 Å². The van der Waals surface area contributed by atoms with Crippen molar-refractivity contribution in [2.45, 2.75) is 45.3 Å². The van der Waals surface area contributed by atoms with Gasteiger partial charge in [-0.3, -0.25) is 9.59 Å². The SMILES string of the molecule is COC(=O)CCC1=c2ccc([nH]2)=C(C#C[Si](C)(C)C)c2ccc([nH]2)C(CCC(=O)OC)=c2ccc([nH]2)=C(n2ccnc2)c2ccc1[nH]2. The molecular weight excluding hydrogens is 609 g/mol. The van der Waals surface area contributed by atoms with E-state index < -0.39 is 8.07 Å². The summed E-state index contributed by atoms with van der Waals surface area (Å²) in [5.41, 5.74) is 10.6. The van der Waals surface area contributed by atoms with Gasteiger partial charge in [0, 0.05) is 47.3 Å². The van der Waals surface area contributed by atoms with Crippen LogP contribution in [0.5, 0.6) is 0 Å². The third-order valence-electron chi connectivity index (χ3n) is 8.03. The van der Waals surface area contributed by atoms with E-state index in [0.29, 0.717) is 12.8 Å². The minimum atomic E-state index is -1.73. The third-order valence-corrected chi connectivity index (χ3v) is 8.91. The molecule has 6 rings (SSSR count). The number of carbonyl (C=O) groups excluding carboxylic acids is 2. The molecule has 11 heteroatoms. The van der Waals surface area contributed by atoms with E-state index in [1.165, 1.54) is 14.2 Å². The Labute approximate surface area is 273 Å². The Kier molecular flexibility index (Phi) is 8.78. The number of nitrogens with one attached hydrogen (secondary N) is 4. The van der Waals surface area contributed by atoms with Crippen molar-refractivity contribution in [2.24, 2.45) is 0 Å². The Morgan fingerprint density at radius 2 is 1.26 bits per heavy atom. The van der Waals surface area contributed by atoms with Crippen LogP contribution in [0.15, 0.2) is 67.3 Å². The van der Waals surface area contributed by atoms with Crippen LogP contribution in [0.2, 0.25) is 19.6 Å². The number of hydrogen-bond donors (Lipinski definition) is 4. The molecule has 1 aliphatic heterocycles. The lowest BCUT2D eigenvalue weighted by molar-refractivity contribution is -0.141. The van der Waals surface area contributed by atoms with Crippen LogP contribution >= 0.6 is 0 Å². The average molecular weight is 647 g/mol. The molecule has 4 N–H and O–H groups in total. The average Bonchev–Trinajstić information content (AvgIpc) is 3.88. The summed E-state index contributed by atoms with van der Waals surface area (Å²) in [6.45, 7) is 6.65. The highest BCUT2D eigenvalue weighted by molar-refractivity contribution is 6.84. The number of carbonyl (C=O) groups is 2. The first kappa shape index (κ1) is 31.5. The maximum absolute atomic E-state index is 12.3. The summed E-state index contributed by atoms with van der Waals surface area (Å²) in [4.78, 5) is 43.4. The van der Waals surface area contributed by atoms with Crippen LogP contribution in [0.25, 0.3) is 22.4 Å². The van der Waals surface area contributed by atoms with E-state index in [1.54, 1.807) is 12.5 Å². The second kappa shape index (κ2) is 13.1.